The average Bonchev–Trinajstić information content (AvgIpc) is 2.94. The number of carbonyl (C=O) groups excluding carboxylic acids is 1. The van der Waals surface area contributed by atoms with Crippen molar-refractivity contribution in [1.29, 1.82) is 0 Å². The molecular weight excluding hydrogens is 392 g/mol. The quantitative estimate of drug-likeness (QED) is 0.792. The van der Waals surface area contributed by atoms with Gasteiger partial charge in [0.25, 0.3) is 10.0 Å². The summed E-state index contributed by atoms with van der Waals surface area (Å²) in [5.74, 6) is -0.583. The second-order valence-corrected chi connectivity index (χ2v) is 10.5. The number of nitrogens with zero attached hydrogens (tertiary/aromatic N) is 1. The van der Waals surface area contributed by atoms with Crippen molar-refractivity contribution in [2.45, 2.75) is 37.4 Å². The molecule has 3 rings (SSSR count). The van der Waals surface area contributed by atoms with Crippen LogP contribution in [0, 0.1) is 0 Å². The number of hydrogen-bond donors (Lipinski definition) is 1. The fourth-order valence-corrected chi connectivity index (χ4v) is 6.09. The van der Waals surface area contributed by atoms with E-state index < -0.39 is 15.9 Å². The number of anilines is 2. The molecule has 1 aromatic heterocycles. The number of halogens is 1. The molecule has 1 aromatic carbocycles. The van der Waals surface area contributed by atoms with Gasteiger partial charge < -0.3 is 5.32 Å². The SMILES string of the molecule is CC(=O)N(c1ccc2c(c1)C(C)=CC(C)(C)N2)S(=O)(=O)c1ccc(Cl)s1. The van der Waals surface area contributed by atoms with Crippen molar-refractivity contribution in [2.75, 3.05) is 9.62 Å². The Hall–Kier alpha value is -1.83. The highest BCUT2D eigenvalue weighted by molar-refractivity contribution is 7.95. The first kappa shape index (κ1) is 18.9. The fraction of sp³-hybridized carbons (Fsp3) is 0.278. The molecule has 1 aliphatic rings. The predicted octanol–water partition coefficient (Wildman–Crippen LogP) is 4.75. The van der Waals surface area contributed by atoms with Gasteiger partial charge in [-0.1, -0.05) is 17.7 Å². The van der Waals surface area contributed by atoms with Gasteiger partial charge in [-0.2, -0.15) is 8.42 Å². The van der Waals surface area contributed by atoms with Crippen LogP contribution in [0.4, 0.5) is 11.4 Å². The number of allylic oxidation sites excluding steroid dienone is 1. The number of rotatable bonds is 3. The van der Waals surface area contributed by atoms with Crippen LogP contribution >= 0.6 is 22.9 Å². The van der Waals surface area contributed by atoms with Crippen LogP contribution in [-0.2, 0) is 14.8 Å². The van der Waals surface area contributed by atoms with Crippen LogP contribution in [-0.4, -0.2) is 19.9 Å². The Bertz CT molecular complexity index is 1020. The third-order valence-electron chi connectivity index (χ3n) is 4.03. The van der Waals surface area contributed by atoms with Crippen molar-refractivity contribution in [2.24, 2.45) is 0 Å². The molecule has 0 aliphatic carbocycles. The van der Waals surface area contributed by atoms with E-state index in [1.807, 2.05) is 6.92 Å². The van der Waals surface area contributed by atoms with Gasteiger partial charge in [-0.15, -0.1) is 11.3 Å². The molecule has 0 bridgehead atoms. The summed E-state index contributed by atoms with van der Waals surface area (Å²) in [4.78, 5) is 12.2. The molecule has 0 saturated heterocycles. The number of benzene rings is 1. The Morgan fingerprint density at radius 2 is 1.92 bits per heavy atom. The topological polar surface area (TPSA) is 66.5 Å². The van der Waals surface area contributed by atoms with Gasteiger partial charge in [0.1, 0.15) is 4.21 Å². The van der Waals surface area contributed by atoms with E-state index in [2.05, 4.69) is 25.2 Å². The van der Waals surface area contributed by atoms with Gasteiger partial charge in [0.15, 0.2) is 0 Å². The third kappa shape index (κ3) is 3.39. The lowest BCUT2D eigenvalue weighted by Gasteiger charge is -2.32. The van der Waals surface area contributed by atoms with Crippen LogP contribution in [0.25, 0.3) is 5.57 Å². The molecule has 0 unspecified atom stereocenters. The first-order chi connectivity index (χ1) is 12.0. The number of carbonyl (C=O) groups is 1. The van der Waals surface area contributed by atoms with Crippen LogP contribution < -0.4 is 9.62 Å². The summed E-state index contributed by atoms with van der Waals surface area (Å²) in [5, 5.41) is 3.39. The largest absolute Gasteiger partial charge is 0.376 e. The second kappa shape index (κ2) is 6.40. The van der Waals surface area contributed by atoms with Gasteiger partial charge in [-0.3, -0.25) is 4.79 Å². The summed E-state index contributed by atoms with van der Waals surface area (Å²) in [5.41, 5.74) is 2.89. The maximum atomic E-state index is 13.0. The molecule has 2 heterocycles. The number of nitrogens with one attached hydrogen (secondary N) is 1. The molecule has 1 amide bonds. The van der Waals surface area contributed by atoms with Gasteiger partial charge in [-0.05, 0) is 56.7 Å². The molecule has 8 heteroatoms. The highest BCUT2D eigenvalue weighted by Gasteiger charge is 2.31. The molecule has 2 aromatic rings. The van der Waals surface area contributed by atoms with Crippen molar-refractivity contribution in [3.05, 3.63) is 46.3 Å². The molecule has 1 aliphatic heterocycles. The maximum Gasteiger partial charge on any atom is 0.280 e. The van der Waals surface area contributed by atoms with Gasteiger partial charge in [0, 0.05) is 18.2 Å². The Morgan fingerprint density at radius 1 is 1.23 bits per heavy atom. The zero-order chi connectivity index (χ0) is 19.3. The molecule has 0 fully saturated rings. The molecule has 26 heavy (non-hydrogen) atoms. The van der Waals surface area contributed by atoms with Crippen LogP contribution in [0.3, 0.4) is 0 Å². The molecule has 0 radical (unpaired) electrons. The molecule has 1 N–H and O–H groups in total. The lowest BCUT2D eigenvalue weighted by molar-refractivity contribution is -0.115. The van der Waals surface area contributed by atoms with Crippen molar-refractivity contribution in [1.82, 2.24) is 0 Å². The van der Waals surface area contributed by atoms with Gasteiger partial charge >= 0.3 is 0 Å². The van der Waals surface area contributed by atoms with Crippen molar-refractivity contribution in [3.8, 4) is 0 Å². The molecular formula is C18H19ClN2O3S2. The van der Waals surface area contributed by atoms with Crippen molar-refractivity contribution in [3.63, 3.8) is 0 Å². The zero-order valence-corrected chi connectivity index (χ0v) is 17.2. The van der Waals surface area contributed by atoms with E-state index in [0.717, 1.165) is 32.5 Å². The summed E-state index contributed by atoms with van der Waals surface area (Å²) >= 11 is 6.80. The molecule has 5 nitrogen and oxygen atoms in total. The Balaban J connectivity index is 2.12. The second-order valence-electron chi connectivity index (χ2n) is 6.75. The van der Waals surface area contributed by atoms with E-state index in [9.17, 15) is 13.2 Å². The minimum absolute atomic E-state index is 0.0296. The van der Waals surface area contributed by atoms with Crippen LogP contribution in [0.5, 0.6) is 0 Å². The normalized spacial score (nSPS) is 15.7. The lowest BCUT2D eigenvalue weighted by atomic mass is 9.91. The number of hydrogen-bond acceptors (Lipinski definition) is 5. The zero-order valence-electron chi connectivity index (χ0n) is 14.8. The van der Waals surface area contributed by atoms with Crippen LogP contribution in [0.2, 0.25) is 4.34 Å². The first-order valence-corrected chi connectivity index (χ1v) is 10.6. The third-order valence-corrected chi connectivity index (χ3v) is 7.53. The summed E-state index contributed by atoms with van der Waals surface area (Å²) in [7, 11) is -4.02. The van der Waals surface area contributed by atoms with Crippen LogP contribution in [0.1, 0.15) is 33.3 Å². The van der Waals surface area contributed by atoms with Gasteiger partial charge in [0.05, 0.1) is 15.6 Å². The monoisotopic (exact) mass is 410 g/mol. The smallest absolute Gasteiger partial charge is 0.280 e. The highest BCUT2D eigenvalue weighted by Crippen LogP contribution is 2.38. The lowest BCUT2D eigenvalue weighted by Crippen LogP contribution is -2.35. The fourth-order valence-electron chi connectivity index (χ4n) is 3.11. The average molecular weight is 411 g/mol. The molecule has 0 atom stereocenters. The Labute approximate surface area is 162 Å². The summed E-state index contributed by atoms with van der Waals surface area (Å²) < 4.78 is 27.1. The highest BCUT2D eigenvalue weighted by atomic mass is 35.5. The van der Waals surface area contributed by atoms with Gasteiger partial charge in [0.2, 0.25) is 5.91 Å². The van der Waals surface area contributed by atoms with Crippen LogP contribution in [0.15, 0.2) is 40.6 Å². The standard InChI is InChI=1S/C18H19ClN2O3S2/c1-11-10-18(3,4)20-15-6-5-13(9-14(11)15)21(12(2)22)26(23,24)17-8-7-16(19)25-17/h5-10,20H,1-4H3. The summed E-state index contributed by atoms with van der Waals surface area (Å²) in [6.45, 7) is 7.31. The minimum Gasteiger partial charge on any atom is -0.376 e. The van der Waals surface area contributed by atoms with E-state index in [1.165, 1.54) is 19.1 Å². The van der Waals surface area contributed by atoms with E-state index >= 15 is 0 Å². The Morgan fingerprint density at radius 3 is 2.50 bits per heavy atom. The van der Waals surface area contributed by atoms with Crippen molar-refractivity contribution < 1.29 is 13.2 Å². The summed E-state index contributed by atoms with van der Waals surface area (Å²) in [6.07, 6.45) is 2.07. The van der Waals surface area contributed by atoms with E-state index in [0.29, 0.717) is 10.0 Å². The molecule has 0 spiro atoms. The number of thiophene rings is 1. The minimum atomic E-state index is -4.02. The predicted molar refractivity (Wildman–Crippen MR) is 107 cm³/mol. The van der Waals surface area contributed by atoms with E-state index in [4.69, 9.17) is 11.6 Å². The first-order valence-electron chi connectivity index (χ1n) is 7.94. The van der Waals surface area contributed by atoms with Gasteiger partial charge in [-0.25, -0.2) is 4.31 Å². The van der Waals surface area contributed by atoms with Crippen molar-refractivity contribution >= 4 is 55.8 Å². The van der Waals surface area contributed by atoms with E-state index in [-0.39, 0.29) is 9.75 Å². The Kier molecular flexibility index (Phi) is 4.67. The number of sulfonamides is 1. The van der Waals surface area contributed by atoms with E-state index in [1.54, 1.807) is 18.2 Å². The summed E-state index contributed by atoms with van der Waals surface area (Å²) in [6, 6.07) is 8.07. The molecule has 0 saturated carbocycles. The molecule has 138 valence electrons. The number of amides is 1. The number of fused-ring (bicyclic) bond motifs is 1. The maximum absolute atomic E-state index is 13.0.